The molecule has 0 unspecified atom stereocenters. The smallest absolute Gasteiger partial charge is 0.244 e. The SMILES string of the molecule is O=C(CN1C(=O)C[C@@H](c2ccccc2)Sc2ccccc21)Nc1ccc2c(c1)OCO2. The summed E-state index contributed by atoms with van der Waals surface area (Å²) in [7, 11) is 0. The van der Waals surface area contributed by atoms with Crippen LogP contribution in [0.15, 0.2) is 77.7 Å². The second kappa shape index (κ2) is 8.35. The third-order valence-electron chi connectivity index (χ3n) is 5.22. The zero-order valence-corrected chi connectivity index (χ0v) is 17.4. The Balaban J connectivity index is 1.37. The first-order valence-corrected chi connectivity index (χ1v) is 10.9. The fourth-order valence-corrected chi connectivity index (χ4v) is 5.00. The molecule has 0 radical (unpaired) electrons. The van der Waals surface area contributed by atoms with E-state index in [0.717, 1.165) is 16.1 Å². The van der Waals surface area contributed by atoms with Crippen LogP contribution < -0.4 is 19.7 Å². The predicted molar refractivity (Wildman–Crippen MR) is 120 cm³/mol. The van der Waals surface area contributed by atoms with E-state index in [9.17, 15) is 9.59 Å². The lowest BCUT2D eigenvalue weighted by molar-refractivity contribution is -0.121. The van der Waals surface area contributed by atoms with E-state index in [2.05, 4.69) is 5.32 Å². The van der Waals surface area contributed by atoms with Crippen LogP contribution >= 0.6 is 11.8 Å². The van der Waals surface area contributed by atoms with Crippen molar-refractivity contribution in [1.82, 2.24) is 0 Å². The average Bonchev–Trinajstić information content (AvgIpc) is 3.20. The number of thioether (sulfide) groups is 1. The highest BCUT2D eigenvalue weighted by Gasteiger charge is 2.30. The molecule has 1 N–H and O–H groups in total. The molecule has 1 atom stereocenters. The number of nitrogens with zero attached hydrogens (tertiary/aromatic N) is 1. The number of carbonyl (C=O) groups excluding carboxylic acids is 2. The van der Waals surface area contributed by atoms with Crippen LogP contribution in [0.1, 0.15) is 17.2 Å². The largest absolute Gasteiger partial charge is 0.454 e. The van der Waals surface area contributed by atoms with E-state index < -0.39 is 0 Å². The Labute approximate surface area is 184 Å². The maximum atomic E-state index is 13.2. The molecule has 3 aromatic carbocycles. The molecule has 2 amide bonds. The van der Waals surface area contributed by atoms with Crippen LogP contribution in [-0.2, 0) is 9.59 Å². The number of hydrogen-bond donors (Lipinski definition) is 1. The number of rotatable bonds is 4. The molecule has 0 fully saturated rings. The first-order valence-electron chi connectivity index (χ1n) is 9.98. The number of nitrogens with one attached hydrogen (secondary N) is 1. The van der Waals surface area contributed by atoms with Gasteiger partial charge in [-0.1, -0.05) is 42.5 Å². The number of benzene rings is 3. The lowest BCUT2D eigenvalue weighted by atomic mass is 10.1. The lowest BCUT2D eigenvalue weighted by Gasteiger charge is -2.22. The van der Waals surface area contributed by atoms with E-state index in [0.29, 0.717) is 23.6 Å². The van der Waals surface area contributed by atoms with Crippen LogP contribution in [0.25, 0.3) is 0 Å². The number of ether oxygens (including phenoxy) is 2. The number of anilines is 2. The van der Waals surface area contributed by atoms with Gasteiger partial charge in [-0.3, -0.25) is 9.59 Å². The number of hydrogen-bond acceptors (Lipinski definition) is 5. The predicted octanol–water partition coefficient (Wildman–Crippen LogP) is 4.62. The van der Waals surface area contributed by atoms with Gasteiger partial charge in [-0.15, -0.1) is 11.8 Å². The lowest BCUT2D eigenvalue weighted by Crippen LogP contribution is -2.38. The van der Waals surface area contributed by atoms with Gasteiger partial charge in [0.2, 0.25) is 18.6 Å². The van der Waals surface area contributed by atoms with E-state index >= 15 is 0 Å². The van der Waals surface area contributed by atoms with Crippen LogP contribution in [0.3, 0.4) is 0 Å². The molecule has 0 bridgehead atoms. The second-order valence-corrected chi connectivity index (χ2v) is 8.53. The average molecular weight is 433 g/mol. The summed E-state index contributed by atoms with van der Waals surface area (Å²) in [5.74, 6) is 0.895. The van der Waals surface area contributed by atoms with Crippen LogP contribution in [0.5, 0.6) is 11.5 Å². The van der Waals surface area contributed by atoms with Crippen molar-refractivity contribution in [3.63, 3.8) is 0 Å². The van der Waals surface area contributed by atoms with E-state index in [1.807, 2.05) is 54.6 Å². The van der Waals surface area contributed by atoms with Crippen molar-refractivity contribution in [3.05, 3.63) is 78.4 Å². The van der Waals surface area contributed by atoms with Gasteiger partial charge < -0.3 is 19.7 Å². The minimum Gasteiger partial charge on any atom is -0.454 e. The molecule has 3 aromatic rings. The van der Waals surface area contributed by atoms with Gasteiger partial charge in [0.25, 0.3) is 0 Å². The molecule has 0 aliphatic carbocycles. The molecule has 0 saturated heterocycles. The van der Waals surface area contributed by atoms with Crippen molar-refractivity contribution in [1.29, 1.82) is 0 Å². The Hall–Kier alpha value is -3.45. The summed E-state index contributed by atoms with van der Waals surface area (Å²) < 4.78 is 10.7. The summed E-state index contributed by atoms with van der Waals surface area (Å²) in [6.45, 7) is 0.110. The van der Waals surface area contributed by atoms with Crippen molar-refractivity contribution in [2.75, 3.05) is 23.6 Å². The molecule has 6 nitrogen and oxygen atoms in total. The van der Waals surface area contributed by atoms with Gasteiger partial charge in [0.1, 0.15) is 6.54 Å². The molecule has 5 rings (SSSR count). The van der Waals surface area contributed by atoms with Gasteiger partial charge in [-0.05, 0) is 29.8 Å². The van der Waals surface area contributed by atoms with Crippen LogP contribution in [0.2, 0.25) is 0 Å². The zero-order valence-electron chi connectivity index (χ0n) is 16.6. The third-order valence-corrected chi connectivity index (χ3v) is 6.54. The van der Waals surface area contributed by atoms with Crippen molar-refractivity contribution in [2.45, 2.75) is 16.6 Å². The Bertz CT molecular complexity index is 1140. The topological polar surface area (TPSA) is 67.9 Å². The van der Waals surface area contributed by atoms with Gasteiger partial charge in [0.15, 0.2) is 11.5 Å². The standard InChI is InChI=1S/C24H20N2O4S/c27-23(25-17-10-11-19-20(12-17)30-15-29-19)14-26-18-8-4-5-9-21(18)31-22(13-24(26)28)16-6-2-1-3-7-16/h1-12,22H,13-15H2,(H,25,27)/t22-/m0/s1. The van der Waals surface area contributed by atoms with Crippen molar-refractivity contribution in [3.8, 4) is 11.5 Å². The van der Waals surface area contributed by atoms with E-state index in [4.69, 9.17) is 9.47 Å². The van der Waals surface area contributed by atoms with Crippen molar-refractivity contribution >= 4 is 35.0 Å². The molecule has 156 valence electrons. The van der Waals surface area contributed by atoms with Gasteiger partial charge in [0, 0.05) is 28.3 Å². The maximum Gasteiger partial charge on any atom is 0.244 e. The normalized spacial score (nSPS) is 17.1. The molecule has 0 spiro atoms. The minimum absolute atomic E-state index is 0.00299. The first-order chi connectivity index (χ1) is 15.2. The Morgan fingerprint density at radius 2 is 1.77 bits per heavy atom. The second-order valence-electron chi connectivity index (χ2n) is 7.29. The summed E-state index contributed by atoms with van der Waals surface area (Å²) in [5.41, 5.74) is 2.46. The molecule has 0 saturated carbocycles. The quantitative estimate of drug-likeness (QED) is 0.651. The third kappa shape index (κ3) is 4.09. The highest BCUT2D eigenvalue weighted by atomic mass is 32.2. The van der Waals surface area contributed by atoms with Gasteiger partial charge in [0.05, 0.1) is 5.69 Å². The van der Waals surface area contributed by atoms with Crippen LogP contribution in [0, 0.1) is 0 Å². The van der Waals surface area contributed by atoms with Gasteiger partial charge >= 0.3 is 0 Å². The number of amides is 2. The zero-order chi connectivity index (χ0) is 21.2. The molecule has 2 heterocycles. The highest BCUT2D eigenvalue weighted by Crippen LogP contribution is 2.45. The molecule has 2 aliphatic rings. The Morgan fingerprint density at radius 1 is 1.00 bits per heavy atom. The number of carbonyl (C=O) groups is 2. The Kier molecular flexibility index (Phi) is 5.26. The van der Waals surface area contributed by atoms with Crippen molar-refractivity contribution in [2.24, 2.45) is 0 Å². The minimum atomic E-state index is -0.273. The summed E-state index contributed by atoms with van der Waals surface area (Å²) in [4.78, 5) is 28.6. The molecule has 31 heavy (non-hydrogen) atoms. The number of para-hydroxylation sites is 1. The summed E-state index contributed by atoms with van der Waals surface area (Å²) in [6, 6.07) is 23.0. The monoisotopic (exact) mass is 432 g/mol. The molecule has 7 heteroatoms. The molecule has 0 aromatic heterocycles. The molecule has 2 aliphatic heterocycles. The van der Waals surface area contributed by atoms with Gasteiger partial charge in [-0.2, -0.15) is 0 Å². The van der Waals surface area contributed by atoms with E-state index in [1.54, 1.807) is 34.9 Å². The van der Waals surface area contributed by atoms with Crippen LogP contribution in [0.4, 0.5) is 11.4 Å². The maximum absolute atomic E-state index is 13.2. The Morgan fingerprint density at radius 3 is 2.65 bits per heavy atom. The summed E-state index contributed by atoms with van der Waals surface area (Å²) in [6.07, 6.45) is 0.320. The number of fused-ring (bicyclic) bond motifs is 2. The summed E-state index contributed by atoms with van der Waals surface area (Å²) in [5, 5.41) is 2.86. The van der Waals surface area contributed by atoms with Crippen LogP contribution in [-0.4, -0.2) is 25.2 Å². The molecular formula is C24H20N2O4S. The first kappa shape index (κ1) is 19.5. The fourth-order valence-electron chi connectivity index (χ4n) is 3.72. The molecular weight excluding hydrogens is 412 g/mol. The summed E-state index contributed by atoms with van der Waals surface area (Å²) >= 11 is 1.66. The van der Waals surface area contributed by atoms with Crippen molar-refractivity contribution < 1.29 is 19.1 Å². The van der Waals surface area contributed by atoms with E-state index in [-0.39, 0.29) is 30.4 Å². The fraction of sp³-hybridized carbons (Fsp3) is 0.167. The highest BCUT2D eigenvalue weighted by molar-refractivity contribution is 7.99. The van der Waals surface area contributed by atoms with Gasteiger partial charge in [-0.25, -0.2) is 0 Å². The van der Waals surface area contributed by atoms with E-state index in [1.165, 1.54) is 0 Å².